The average molecular weight is 230 g/mol. The van der Waals surface area contributed by atoms with Crippen molar-refractivity contribution >= 4 is 10.9 Å². The van der Waals surface area contributed by atoms with Crippen molar-refractivity contribution in [2.45, 2.75) is 41.2 Å². The zero-order chi connectivity index (χ0) is 13.0. The van der Waals surface area contributed by atoms with Crippen LogP contribution in [0, 0.1) is 20.8 Å². The highest BCUT2D eigenvalue weighted by atomic mass is 14.7. The van der Waals surface area contributed by atoms with Crippen molar-refractivity contribution in [3.05, 3.63) is 40.6 Å². The maximum Gasteiger partial charge on any atom is 0.0752 e. The largest absolute Gasteiger partial charge is 0.326 e. The first-order chi connectivity index (χ1) is 8.11. The Morgan fingerprint density at radius 2 is 1.71 bits per heavy atom. The molecule has 1 heterocycles. The van der Waals surface area contributed by atoms with Gasteiger partial charge in [0.05, 0.1) is 5.52 Å². The van der Waals surface area contributed by atoms with Gasteiger partial charge in [0.25, 0.3) is 0 Å². The molecule has 2 N–H and O–H groups in total. The van der Waals surface area contributed by atoms with Crippen LogP contribution in [-0.2, 0) is 6.54 Å². The van der Waals surface area contributed by atoms with Crippen LogP contribution in [0.1, 0.15) is 36.2 Å². The molecule has 0 aliphatic carbocycles. The maximum absolute atomic E-state index is 5.74. The molecule has 2 nitrogen and oxygen atoms in total. The second-order valence-corrected chi connectivity index (χ2v) is 4.10. The van der Waals surface area contributed by atoms with E-state index in [9.17, 15) is 0 Å². The number of aromatic nitrogens is 1. The lowest BCUT2D eigenvalue weighted by molar-refractivity contribution is 1.07. The smallest absolute Gasteiger partial charge is 0.0752 e. The quantitative estimate of drug-likeness (QED) is 0.812. The first kappa shape index (κ1) is 13.7. The van der Waals surface area contributed by atoms with Gasteiger partial charge >= 0.3 is 0 Å². The summed E-state index contributed by atoms with van der Waals surface area (Å²) >= 11 is 0. The monoisotopic (exact) mass is 230 g/mol. The van der Waals surface area contributed by atoms with Crippen molar-refractivity contribution in [2.24, 2.45) is 5.73 Å². The first-order valence-electron chi connectivity index (χ1n) is 6.19. The van der Waals surface area contributed by atoms with Crippen molar-refractivity contribution in [1.29, 1.82) is 0 Å². The lowest BCUT2D eigenvalue weighted by Gasteiger charge is -2.09. The van der Waals surface area contributed by atoms with Crippen molar-refractivity contribution in [2.75, 3.05) is 0 Å². The molecule has 0 spiro atoms. The topological polar surface area (TPSA) is 38.9 Å². The van der Waals surface area contributed by atoms with E-state index in [-0.39, 0.29) is 0 Å². The van der Waals surface area contributed by atoms with Crippen molar-refractivity contribution in [3.8, 4) is 0 Å². The van der Waals surface area contributed by atoms with E-state index in [1.54, 1.807) is 0 Å². The van der Waals surface area contributed by atoms with E-state index in [1.165, 1.54) is 16.5 Å². The molecule has 0 saturated heterocycles. The summed E-state index contributed by atoms with van der Waals surface area (Å²) in [6.45, 7) is 10.8. The number of benzene rings is 1. The normalized spacial score (nSPS) is 10.0. The fraction of sp³-hybridized carbons (Fsp3) is 0.400. The molecule has 2 heteroatoms. The van der Waals surface area contributed by atoms with Gasteiger partial charge in [-0.25, -0.2) is 0 Å². The third kappa shape index (κ3) is 2.83. The van der Waals surface area contributed by atoms with E-state index in [0.29, 0.717) is 6.54 Å². The molecule has 0 aliphatic heterocycles. The molecule has 0 saturated carbocycles. The molecule has 2 rings (SSSR count). The zero-order valence-corrected chi connectivity index (χ0v) is 11.5. The van der Waals surface area contributed by atoms with Gasteiger partial charge in [-0.15, -0.1) is 0 Å². The number of hydrogen-bond acceptors (Lipinski definition) is 2. The number of nitrogens with zero attached hydrogens (tertiary/aromatic N) is 1. The number of fused-ring (bicyclic) bond motifs is 1. The Morgan fingerprint density at radius 3 is 2.29 bits per heavy atom. The Morgan fingerprint density at radius 1 is 1.06 bits per heavy atom. The molecule has 1 aromatic carbocycles. The molecule has 0 radical (unpaired) electrons. The fourth-order valence-electron chi connectivity index (χ4n) is 2.04. The van der Waals surface area contributed by atoms with E-state index in [0.717, 1.165) is 16.8 Å². The van der Waals surface area contributed by atoms with Crippen LogP contribution in [0.3, 0.4) is 0 Å². The van der Waals surface area contributed by atoms with Crippen LogP contribution in [0.25, 0.3) is 10.9 Å². The van der Waals surface area contributed by atoms with Crippen LogP contribution in [0.4, 0.5) is 0 Å². The van der Waals surface area contributed by atoms with Gasteiger partial charge in [0, 0.05) is 17.6 Å². The minimum Gasteiger partial charge on any atom is -0.326 e. The summed E-state index contributed by atoms with van der Waals surface area (Å²) in [5.74, 6) is 0. The van der Waals surface area contributed by atoms with Gasteiger partial charge in [0.1, 0.15) is 0 Å². The van der Waals surface area contributed by atoms with Gasteiger partial charge < -0.3 is 5.73 Å². The molecular weight excluding hydrogens is 208 g/mol. The Labute approximate surface area is 104 Å². The van der Waals surface area contributed by atoms with Crippen LogP contribution >= 0.6 is 0 Å². The van der Waals surface area contributed by atoms with E-state index < -0.39 is 0 Å². The predicted molar refractivity (Wildman–Crippen MR) is 75.2 cm³/mol. The highest BCUT2D eigenvalue weighted by Crippen LogP contribution is 2.22. The molecule has 0 amide bonds. The summed E-state index contributed by atoms with van der Waals surface area (Å²) in [5, 5.41) is 1.22. The third-order valence-corrected chi connectivity index (χ3v) is 2.69. The molecule has 0 fully saturated rings. The molecular formula is C15H22N2. The van der Waals surface area contributed by atoms with Gasteiger partial charge in [-0.2, -0.15) is 0 Å². The molecule has 2 aromatic rings. The van der Waals surface area contributed by atoms with E-state index in [2.05, 4.69) is 37.0 Å². The molecule has 0 bridgehead atoms. The number of rotatable bonds is 1. The summed E-state index contributed by atoms with van der Waals surface area (Å²) in [4.78, 5) is 4.57. The van der Waals surface area contributed by atoms with Crippen LogP contribution in [0.15, 0.2) is 18.2 Å². The Bertz CT molecular complexity index is 516. The van der Waals surface area contributed by atoms with Crippen LogP contribution in [0.2, 0.25) is 0 Å². The summed E-state index contributed by atoms with van der Waals surface area (Å²) in [7, 11) is 0. The summed E-state index contributed by atoms with van der Waals surface area (Å²) in [6.07, 6.45) is 0. The van der Waals surface area contributed by atoms with Gasteiger partial charge in [-0.1, -0.05) is 25.5 Å². The van der Waals surface area contributed by atoms with Crippen molar-refractivity contribution in [3.63, 3.8) is 0 Å². The molecule has 1 aromatic heterocycles. The third-order valence-electron chi connectivity index (χ3n) is 2.69. The van der Waals surface area contributed by atoms with Crippen LogP contribution < -0.4 is 5.73 Å². The van der Waals surface area contributed by atoms with E-state index in [4.69, 9.17) is 5.73 Å². The highest BCUT2D eigenvalue weighted by Gasteiger charge is 2.05. The second-order valence-electron chi connectivity index (χ2n) is 4.10. The Kier molecular flexibility index (Phi) is 4.64. The Hall–Kier alpha value is -1.41. The van der Waals surface area contributed by atoms with Crippen LogP contribution in [-0.4, -0.2) is 4.98 Å². The van der Waals surface area contributed by atoms with E-state index in [1.807, 2.05) is 20.8 Å². The minimum absolute atomic E-state index is 0.550. The summed E-state index contributed by atoms with van der Waals surface area (Å²) in [6, 6.07) is 6.41. The number of nitrogens with two attached hydrogens (primary N) is 1. The SMILES string of the molecule is CC.Cc1cc(CN)c2nc(C)cc(C)c2c1. The molecule has 92 valence electrons. The lowest BCUT2D eigenvalue weighted by atomic mass is 10.0. The van der Waals surface area contributed by atoms with E-state index >= 15 is 0 Å². The average Bonchev–Trinajstić information content (AvgIpc) is 2.32. The molecule has 0 atom stereocenters. The predicted octanol–water partition coefficient (Wildman–Crippen LogP) is 3.64. The summed E-state index contributed by atoms with van der Waals surface area (Å²) in [5.41, 5.74) is 11.5. The van der Waals surface area contributed by atoms with Crippen molar-refractivity contribution < 1.29 is 0 Å². The number of pyridine rings is 1. The minimum atomic E-state index is 0.550. The van der Waals surface area contributed by atoms with Gasteiger partial charge in [-0.05, 0) is 44.0 Å². The van der Waals surface area contributed by atoms with Crippen molar-refractivity contribution in [1.82, 2.24) is 4.98 Å². The summed E-state index contributed by atoms with van der Waals surface area (Å²) < 4.78 is 0. The maximum atomic E-state index is 5.74. The van der Waals surface area contributed by atoms with Gasteiger partial charge in [0.15, 0.2) is 0 Å². The molecule has 17 heavy (non-hydrogen) atoms. The second kappa shape index (κ2) is 5.78. The lowest BCUT2D eigenvalue weighted by Crippen LogP contribution is -2.00. The standard InChI is InChI=1S/C13H16N2.C2H6/c1-8-4-11(7-14)13-12(5-8)9(2)6-10(3)15-13;1-2/h4-6H,7,14H2,1-3H3;1-2H3. The highest BCUT2D eigenvalue weighted by molar-refractivity contribution is 5.85. The number of hydrogen-bond donors (Lipinski definition) is 1. The fourth-order valence-corrected chi connectivity index (χ4v) is 2.04. The molecule has 0 aliphatic rings. The number of aryl methyl sites for hydroxylation is 3. The van der Waals surface area contributed by atoms with Crippen LogP contribution in [0.5, 0.6) is 0 Å². The zero-order valence-electron chi connectivity index (χ0n) is 11.5. The molecule has 0 unspecified atom stereocenters. The first-order valence-corrected chi connectivity index (χ1v) is 6.19. The van der Waals surface area contributed by atoms with Gasteiger partial charge in [-0.3, -0.25) is 4.98 Å². The van der Waals surface area contributed by atoms with Gasteiger partial charge in [0.2, 0.25) is 0 Å². The Balaban J connectivity index is 0.000000686.